The van der Waals surface area contributed by atoms with Crippen molar-refractivity contribution in [1.29, 1.82) is 0 Å². The van der Waals surface area contributed by atoms with Crippen LogP contribution in [0, 0.1) is 5.92 Å². The molecule has 0 bridgehead atoms. The summed E-state index contributed by atoms with van der Waals surface area (Å²) in [5, 5.41) is 6.89. The van der Waals surface area contributed by atoms with Crippen LogP contribution in [-0.4, -0.2) is 27.0 Å². The van der Waals surface area contributed by atoms with Crippen LogP contribution < -0.4 is 5.32 Å². The van der Waals surface area contributed by atoms with Crippen LogP contribution in [0.15, 0.2) is 65.2 Å². The molecule has 1 fully saturated rings. The minimum Gasteiger partial charge on any atom is -0.337 e. The van der Waals surface area contributed by atoms with Crippen molar-refractivity contribution >= 4 is 11.9 Å². The van der Waals surface area contributed by atoms with Gasteiger partial charge in [-0.25, -0.2) is 4.79 Å². The highest BCUT2D eigenvalue weighted by Crippen LogP contribution is 2.33. The first-order valence-electron chi connectivity index (χ1n) is 10.0. The van der Waals surface area contributed by atoms with E-state index in [1.165, 1.54) is 0 Å². The summed E-state index contributed by atoms with van der Waals surface area (Å²) in [5.41, 5.74) is 0.509. The molecule has 1 aliphatic heterocycles. The second kappa shape index (κ2) is 8.10. The van der Waals surface area contributed by atoms with Crippen LogP contribution in [0.25, 0.3) is 0 Å². The van der Waals surface area contributed by atoms with Crippen molar-refractivity contribution in [1.82, 2.24) is 20.4 Å². The van der Waals surface area contributed by atoms with Crippen molar-refractivity contribution in [3.05, 3.63) is 83.5 Å². The number of hydrogen-bond donors (Lipinski definition) is 1. The zero-order valence-corrected chi connectivity index (χ0v) is 17.0. The second-order valence-electron chi connectivity index (χ2n) is 7.96. The Morgan fingerprint density at radius 3 is 2.37 bits per heavy atom. The van der Waals surface area contributed by atoms with Crippen LogP contribution in [0.2, 0.25) is 0 Å². The van der Waals surface area contributed by atoms with E-state index in [9.17, 15) is 9.59 Å². The van der Waals surface area contributed by atoms with Gasteiger partial charge in [0.25, 0.3) is 5.91 Å². The monoisotopic (exact) mass is 404 g/mol. The van der Waals surface area contributed by atoms with Gasteiger partial charge in [-0.2, -0.15) is 4.98 Å². The molecule has 0 unspecified atom stereocenters. The molecule has 3 aromatic rings. The van der Waals surface area contributed by atoms with Gasteiger partial charge in [0, 0.05) is 12.8 Å². The van der Waals surface area contributed by atoms with Crippen molar-refractivity contribution in [2.45, 2.75) is 38.8 Å². The molecule has 1 saturated heterocycles. The predicted molar refractivity (Wildman–Crippen MR) is 110 cm³/mol. The zero-order chi connectivity index (χ0) is 21.1. The fourth-order valence-electron chi connectivity index (χ4n) is 3.75. The Morgan fingerprint density at radius 2 is 1.70 bits per heavy atom. The molecule has 2 heterocycles. The molecule has 4 rings (SSSR count). The first kappa shape index (κ1) is 19.8. The SMILES string of the molecule is CC(C)Cc1noc(CN2C(=O)N[C@](Cc3ccccc3)(c3ccccc3)C2=O)n1. The summed E-state index contributed by atoms with van der Waals surface area (Å²) in [6.45, 7) is 4.07. The molecule has 2 aromatic carbocycles. The Hall–Kier alpha value is -3.48. The summed E-state index contributed by atoms with van der Waals surface area (Å²) in [5.74, 6) is 0.873. The van der Waals surface area contributed by atoms with Gasteiger partial charge < -0.3 is 9.84 Å². The van der Waals surface area contributed by atoms with Gasteiger partial charge in [0.2, 0.25) is 5.89 Å². The van der Waals surface area contributed by atoms with Crippen LogP contribution >= 0.6 is 0 Å². The number of hydrogen-bond acceptors (Lipinski definition) is 5. The van der Waals surface area contributed by atoms with E-state index in [0.29, 0.717) is 24.6 Å². The highest BCUT2D eigenvalue weighted by molar-refractivity contribution is 6.07. The maximum Gasteiger partial charge on any atom is 0.325 e. The fourth-order valence-corrected chi connectivity index (χ4v) is 3.75. The van der Waals surface area contributed by atoms with Gasteiger partial charge in [-0.1, -0.05) is 79.7 Å². The van der Waals surface area contributed by atoms with Crippen molar-refractivity contribution in [2.75, 3.05) is 0 Å². The topological polar surface area (TPSA) is 88.3 Å². The summed E-state index contributed by atoms with van der Waals surface area (Å²) in [6.07, 6.45) is 1.02. The molecule has 0 aliphatic carbocycles. The molecule has 1 N–H and O–H groups in total. The molecule has 1 aliphatic rings. The number of amides is 3. The van der Waals surface area contributed by atoms with Crippen LogP contribution in [0.4, 0.5) is 4.79 Å². The van der Waals surface area contributed by atoms with Crippen LogP contribution in [0.5, 0.6) is 0 Å². The number of aromatic nitrogens is 2. The van der Waals surface area contributed by atoms with E-state index in [0.717, 1.165) is 16.0 Å². The molecular weight excluding hydrogens is 380 g/mol. The number of rotatable bonds is 7. The first-order chi connectivity index (χ1) is 14.5. The Bertz CT molecular complexity index is 1030. The maximum absolute atomic E-state index is 13.6. The van der Waals surface area contributed by atoms with Gasteiger partial charge in [0.1, 0.15) is 6.54 Å². The summed E-state index contributed by atoms with van der Waals surface area (Å²) in [4.78, 5) is 31.9. The van der Waals surface area contributed by atoms with Crippen molar-refractivity contribution in [2.24, 2.45) is 5.92 Å². The lowest BCUT2D eigenvalue weighted by atomic mass is 9.83. The maximum atomic E-state index is 13.6. The molecule has 7 heteroatoms. The molecule has 30 heavy (non-hydrogen) atoms. The molecule has 154 valence electrons. The van der Waals surface area contributed by atoms with Crippen LogP contribution in [-0.2, 0) is 29.7 Å². The summed E-state index contributed by atoms with van der Waals surface area (Å²) >= 11 is 0. The minimum absolute atomic E-state index is 0.0564. The smallest absolute Gasteiger partial charge is 0.325 e. The molecule has 0 spiro atoms. The van der Waals surface area contributed by atoms with Gasteiger partial charge >= 0.3 is 6.03 Å². The number of carbonyl (C=O) groups excluding carboxylic acids is 2. The van der Waals surface area contributed by atoms with Gasteiger partial charge in [-0.05, 0) is 17.0 Å². The number of imide groups is 1. The lowest BCUT2D eigenvalue weighted by molar-refractivity contribution is -0.132. The number of benzene rings is 2. The normalized spacial score (nSPS) is 18.8. The highest BCUT2D eigenvalue weighted by atomic mass is 16.5. The van der Waals surface area contributed by atoms with E-state index >= 15 is 0 Å². The molecule has 7 nitrogen and oxygen atoms in total. The summed E-state index contributed by atoms with van der Waals surface area (Å²) in [6, 6.07) is 18.5. The average Bonchev–Trinajstić information content (AvgIpc) is 3.27. The van der Waals surface area contributed by atoms with Gasteiger partial charge in [-0.15, -0.1) is 0 Å². The summed E-state index contributed by atoms with van der Waals surface area (Å²) in [7, 11) is 0. The third-order valence-corrected chi connectivity index (χ3v) is 5.15. The largest absolute Gasteiger partial charge is 0.337 e. The Kier molecular flexibility index (Phi) is 5.35. The Labute approximate surface area is 175 Å². The Morgan fingerprint density at radius 1 is 1.03 bits per heavy atom. The van der Waals surface area contributed by atoms with Gasteiger partial charge in [0.15, 0.2) is 11.4 Å². The quantitative estimate of drug-likeness (QED) is 0.609. The van der Waals surface area contributed by atoms with E-state index in [4.69, 9.17) is 4.52 Å². The standard InChI is InChI=1S/C23H24N4O3/c1-16(2)13-19-24-20(30-26-19)15-27-21(28)23(25-22(27)29,18-11-7-4-8-12-18)14-17-9-5-3-6-10-17/h3-12,16H,13-15H2,1-2H3,(H,25,29)/t23-/m1/s1. The molecule has 0 radical (unpaired) electrons. The first-order valence-corrected chi connectivity index (χ1v) is 10.0. The molecule has 0 saturated carbocycles. The number of carbonyl (C=O) groups is 2. The van der Waals surface area contributed by atoms with Gasteiger partial charge in [0.05, 0.1) is 0 Å². The van der Waals surface area contributed by atoms with Crippen molar-refractivity contribution in [3.8, 4) is 0 Å². The summed E-state index contributed by atoms with van der Waals surface area (Å²) < 4.78 is 5.28. The molecule has 1 aromatic heterocycles. The minimum atomic E-state index is -1.18. The fraction of sp³-hybridized carbons (Fsp3) is 0.304. The Balaban J connectivity index is 1.64. The molecule has 3 amide bonds. The van der Waals surface area contributed by atoms with Crippen LogP contribution in [0.1, 0.15) is 36.7 Å². The van der Waals surface area contributed by atoms with E-state index in [2.05, 4.69) is 29.3 Å². The third kappa shape index (κ3) is 3.83. The van der Waals surface area contributed by atoms with E-state index in [1.807, 2.05) is 60.7 Å². The van der Waals surface area contributed by atoms with Crippen molar-refractivity contribution in [3.63, 3.8) is 0 Å². The third-order valence-electron chi connectivity index (χ3n) is 5.15. The number of nitrogens with zero attached hydrogens (tertiary/aromatic N) is 3. The van der Waals surface area contributed by atoms with E-state index in [1.54, 1.807) is 0 Å². The van der Waals surface area contributed by atoms with Gasteiger partial charge in [-0.3, -0.25) is 9.69 Å². The lowest BCUT2D eigenvalue weighted by Gasteiger charge is -2.27. The number of nitrogens with one attached hydrogen (secondary N) is 1. The number of urea groups is 1. The van der Waals surface area contributed by atoms with E-state index < -0.39 is 11.6 Å². The van der Waals surface area contributed by atoms with Crippen molar-refractivity contribution < 1.29 is 14.1 Å². The van der Waals surface area contributed by atoms with Crippen LogP contribution in [0.3, 0.4) is 0 Å². The predicted octanol–water partition coefficient (Wildman–Crippen LogP) is 3.46. The molecular formula is C23H24N4O3. The lowest BCUT2D eigenvalue weighted by Crippen LogP contribution is -2.46. The second-order valence-corrected chi connectivity index (χ2v) is 7.96. The zero-order valence-electron chi connectivity index (χ0n) is 17.0. The average molecular weight is 404 g/mol. The molecule has 1 atom stereocenters. The highest BCUT2D eigenvalue weighted by Gasteiger charge is 2.52. The van der Waals surface area contributed by atoms with E-state index in [-0.39, 0.29) is 18.3 Å².